The number of methoxy groups -OCH3 is 1. The molecule has 0 aliphatic carbocycles. The molecule has 0 unspecified atom stereocenters. The standard InChI is InChI=1S/C15H16FN3O3/c1-21-9-14-18-12-7-19(8-13(12)22-14)15(20)17-6-10-3-2-4-11(16)5-10/h2-5H,6-9H2,1H3,(H,17,20). The second-order valence-corrected chi connectivity index (χ2v) is 5.06. The summed E-state index contributed by atoms with van der Waals surface area (Å²) in [5, 5.41) is 2.76. The molecule has 0 fully saturated rings. The van der Waals surface area contributed by atoms with Crippen molar-refractivity contribution in [3.8, 4) is 0 Å². The van der Waals surface area contributed by atoms with Crippen LogP contribution in [0.4, 0.5) is 9.18 Å². The maximum atomic E-state index is 13.1. The molecule has 6 nitrogen and oxygen atoms in total. The number of urea groups is 1. The number of rotatable bonds is 4. The Morgan fingerprint density at radius 3 is 3.09 bits per heavy atom. The summed E-state index contributed by atoms with van der Waals surface area (Å²) in [4.78, 5) is 18.0. The van der Waals surface area contributed by atoms with Crippen molar-refractivity contribution in [2.24, 2.45) is 0 Å². The third kappa shape index (κ3) is 3.09. The zero-order chi connectivity index (χ0) is 15.5. The molecule has 0 radical (unpaired) electrons. The zero-order valence-electron chi connectivity index (χ0n) is 12.1. The van der Waals surface area contributed by atoms with E-state index in [9.17, 15) is 9.18 Å². The van der Waals surface area contributed by atoms with Crippen LogP contribution in [0.25, 0.3) is 0 Å². The molecule has 1 aromatic heterocycles. The summed E-state index contributed by atoms with van der Waals surface area (Å²) in [5.41, 5.74) is 1.47. The molecule has 0 atom stereocenters. The number of nitrogens with zero attached hydrogens (tertiary/aromatic N) is 2. The molecule has 0 saturated carbocycles. The lowest BCUT2D eigenvalue weighted by molar-refractivity contribution is 0.154. The Hall–Kier alpha value is -2.41. The Kier molecular flexibility index (Phi) is 4.06. The monoisotopic (exact) mass is 305 g/mol. The van der Waals surface area contributed by atoms with E-state index >= 15 is 0 Å². The van der Waals surface area contributed by atoms with Crippen LogP contribution in [-0.2, 0) is 31.0 Å². The number of carbonyl (C=O) groups excluding carboxylic acids is 1. The predicted octanol–water partition coefficient (Wildman–Crippen LogP) is 2.19. The quantitative estimate of drug-likeness (QED) is 0.940. The van der Waals surface area contributed by atoms with Gasteiger partial charge in [-0.2, -0.15) is 0 Å². The van der Waals surface area contributed by atoms with Gasteiger partial charge in [0.1, 0.15) is 23.9 Å². The van der Waals surface area contributed by atoms with Gasteiger partial charge in [0.25, 0.3) is 0 Å². The highest BCUT2D eigenvalue weighted by Gasteiger charge is 2.28. The van der Waals surface area contributed by atoms with E-state index in [1.165, 1.54) is 12.1 Å². The van der Waals surface area contributed by atoms with Crippen molar-refractivity contribution < 1.29 is 18.3 Å². The molecule has 0 spiro atoms. The van der Waals surface area contributed by atoms with Crippen molar-refractivity contribution in [2.45, 2.75) is 26.2 Å². The maximum absolute atomic E-state index is 13.1. The van der Waals surface area contributed by atoms with Crippen LogP contribution in [0.15, 0.2) is 28.7 Å². The number of fused-ring (bicyclic) bond motifs is 1. The van der Waals surface area contributed by atoms with E-state index in [1.807, 2.05) is 0 Å². The third-order valence-electron chi connectivity index (χ3n) is 3.39. The van der Waals surface area contributed by atoms with Crippen LogP contribution < -0.4 is 5.32 Å². The first-order valence-corrected chi connectivity index (χ1v) is 6.89. The first kappa shape index (κ1) is 14.5. The first-order valence-electron chi connectivity index (χ1n) is 6.89. The molecule has 2 amide bonds. The SMILES string of the molecule is COCc1nc2c(o1)CN(C(=O)NCc1cccc(F)c1)C2. The summed E-state index contributed by atoms with van der Waals surface area (Å²) in [6.45, 7) is 1.37. The number of nitrogens with one attached hydrogen (secondary N) is 1. The van der Waals surface area contributed by atoms with Crippen LogP contribution in [0.3, 0.4) is 0 Å². The summed E-state index contributed by atoms with van der Waals surface area (Å²) in [6, 6.07) is 5.91. The van der Waals surface area contributed by atoms with Gasteiger partial charge >= 0.3 is 6.03 Å². The molecule has 22 heavy (non-hydrogen) atoms. The number of aromatic nitrogens is 1. The lowest BCUT2D eigenvalue weighted by atomic mass is 10.2. The Morgan fingerprint density at radius 2 is 2.36 bits per heavy atom. The number of amides is 2. The molecule has 2 heterocycles. The first-order chi connectivity index (χ1) is 10.7. The molecule has 1 N–H and O–H groups in total. The van der Waals surface area contributed by atoms with Crippen molar-refractivity contribution in [2.75, 3.05) is 7.11 Å². The highest BCUT2D eigenvalue weighted by Crippen LogP contribution is 2.23. The molecular formula is C15H16FN3O3. The molecule has 1 aromatic carbocycles. The molecule has 0 bridgehead atoms. The van der Waals surface area contributed by atoms with Gasteiger partial charge in [0, 0.05) is 13.7 Å². The Labute approximate surface area is 126 Å². The minimum Gasteiger partial charge on any atom is -0.441 e. The van der Waals surface area contributed by atoms with Crippen molar-refractivity contribution in [3.05, 3.63) is 53.0 Å². The normalized spacial score (nSPS) is 13.3. The van der Waals surface area contributed by atoms with Crippen molar-refractivity contribution >= 4 is 6.03 Å². The molecule has 3 rings (SSSR count). The number of ether oxygens (including phenoxy) is 1. The minimum absolute atomic E-state index is 0.231. The van der Waals surface area contributed by atoms with Crippen LogP contribution in [0.2, 0.25) is 0 Å². The van der Waals surface area contributed by atoms with Crippen molar-refractivity contribution in [3.63, 3.8) is 0 Å². The van der Waals surface area contributed by atoms with Gasteiger partial charge in [0.05, 0.1) is 13.1 Å². The molecule has 0 saturated heterocycles. The highest BCUT2D eigenvalue weighted by atomic mass is 19.1. The molecule has 116 valence electrons. The van der Waals surface area contributed by atoms with Crippen LogP contribution in [0.5, 0.6) is 0 Å². The second kappa shape index (κ2) is 6.15. The Balaban J connectivity index is 1.55. The van der Waals surface area contributed by atoms with Gasteiger partial charge < -0.3 is 19.4 Å². The number of hydrogen-bond acceptors (Lipinski definition) is 4. The van der Waals surface area contributed by atoms with Gasteiger partial charge in [-0.25, -0.2) is 14.2 Å². The van der Waals surface area contributed by atoms with E-state index in [0.29, 0.717) is 36.9 Å². The van der Waals surface area contributed by atoms with Crippen LogP contribution in [0, 0.1) is 5.82 Å². The van der Waals surface area contributed by atoms with Gasteiger partial charge in [-0.1, -0.05) is 12.1 Å². The number of oxazole rings is 1. The lowest BCUT2D eigenvalue weighted by Gasteiger charge is -2.16. The van der Waals surface area contributed by atoms with E-state index in [4.69, 9.17) is 9.15 Å². The lowest BCUT2D eigenvalue weighted by Crippen LogP contribution is -2.36. The smallest absolute Gasteiger partial charge is 0.318 e. The minimum atomic E-state index is -0.318. The highest BCUT2D eigenvalue weighted by molar-refractivity contribution is 5.74. The molecule has 1 aliphatic rings. The number of carbonyl (C=O) groups is 1. The average Bonchev–Trinajstić information content (AvgIpc) is 3.03. The van der Waals surface area contributed by atoms with Crippen LogP contribution >= 0.6 is 0 Å². The predicted molar refractivity (Wildman–Crippen MR) is 75.1 cm³/mol. The van der Waals surface area contributed by atoms with Crippen LogP contribution in [-0.4, -0.2) is 23.0 Å². The van der Waals surface area contributed by atoms with E-state index < -0.39 is 0 Å². The fourth-order valence-corrected chi connectivity index (χ4v) is 2.36. The topological polar surface area (TPSA) is 67.6 Å². The summed E-state index contributed by atoms with van der Waals surface area (Å²) in [7, 11) is 1.57. The van der Waals surface area contributed by atoms with Crippen molar-refractivity contribution in [1.82, 2.24) is 15.2 Å². The number of benzene rings is 1. The van der Waals surface area contributed by atoms with Crippen LogP contribution in [0.1, 0.15) is 22.9 Å². The summed E-state index contributed by atoms with van der Waals surface area (Å²) in [5.74, 6) is 0.891. The van der Waals surface area contributed by atoms with Gasteiger partial charge in [0.2, 0.25) is 5.89 Å². The van der Waals surface area contributed by atoms with Crippen molar-refractivity contribution in [1.29, 1.82) is 0 Å². The van der Waals surface area contributed by atoms with Gasteiger partial charge in [-0.05, 0) is 17.7 Å². The zero-order valence-corrected chi connectivity index (χ0v) is 12.1. The summed E-state index contributed by atoms with van der Waals surface area (Å²) >= 11 is 0. The largest absolute Gasteiger partial charge is 0.441 e. The Morgan fingerprint density at radius 1 is 1.50 bits per heavy atom. The van der Waals surface area contributed by atoms with Gasteiger partial charge in [-0.3, -0.25) is 0 Å². The molecule has 1 aliphatic heterocycles. The van der Waals surface area contributed by atoms with Gasteiger partial charge in [-0.15, -0.1) is 0 Å². The third-order valence-corrected chi connectivity index (χ3v) is 3.39. The molecule has 2 aromatic rings. The fraction of sp³-hybridized carbons (Fsp3) is 0.333. The average molecular weight is 305 g/mol. The number of halogens is 1. The maximum Gasteiger partial charge on any atom is 0.318 e. The Bertz CT molecular complexity index is 663. The fourth-order valence-electron chi connectivity index (χ4n) is 2.36. The molecular weight excluding hydrogens is 289 g/mol. The van der Waals surface area contributed by atoms with E-state index in [2.05, 4.69) is 10.3 Å². The molecule has 7 heteroatoms. The number of hydrogen-bond donors (Lipinski definition) is 1. The summed E-state index contributed by atoms with van der Waals surface area (Å²) < 4.78 is 23.6. The summed E-state index contributed by atoms with van der Waals surface area (Å²) in [6.07, 6.45) is 0. The van der Waals surface area contributed by atoms with E-state index in [-0.39, 0.29) is 18.4 Å². The second-order valence-electron chi connectivity index (χ2n) is 5.06. The van der Waals surface area contributed by atoms with E-state index in [0.717, 1.165) is 5.69 Å². The van der Waals surface area contributed by atoms with Gasteiger partial charge in [0.15, 0.2) is 0 Å². The van der Waals surface area contributed by atoms with E-state index in [1.54, 1.807) is 24.1 Å².